The summed E-state index contributed by atoms with van der Waals surface area (Å²) in [5.74, 6) is 1.13. The zero-order valence-corrected chi connectivity index (χ0v) is 13.7. The number of hydrogen-bond acceptors (Lipinski definition) is 7. The lowest BCUT2D eigenvalue weighted by Gasteiger charge is -2.06. The van der Waals surface area contributed by atoms with Crippen LogP contribution in [0.2, 0.25) is 0 Å². The molecule has 0 saturated carbocycles. The molecule has 0 radical (unpaired) electrons. The Kier molecular flexibility index (Phi) is 3.98. The number of carbonyl (C=O) groups excluding carboxylic acids is 1. The molecule has 2 aromatic carbocycles. The zero-order valence-electron chi connectivity index (χ0n) is 13.7. The summed E-state index contributed by atoms with van der Waals surface area (Å²) in [6.45, 7) is 1.72. The van der Waals surface area contributed by atoms with E-state index >= 15 is 0 Å². The normalized spacial score (nSPS) is 10.7. The molecule has 8 nitrogen and oxygen atoms in total. The highest BCUT2D eigenvalue weighted by Gasteiger charge is 2.10. The first-order valence-corrected chi connectivity index (χ1v) is 7.78. The smallest absolute Gasteiger partial charge is 0.255 e. The highest BCUT2D eigenvalue weighted by Crippen LogP contribution is 2.21. The van der Waals surface area contributed by atoms with Gasteiger partial charge in [-0.3, -0.25) is 4.79 Å². The number of benzene rings is 2. The van der Waals surface area contributed by atoms with E-state index in [0.717, 1.165) is 11.1 Å². The highest BCUT2D eigenvalue weighted by atomic mass is 16.5. The van der Waals surface area contributed by atoms with Crippen molar-refractivity contribution in [1.82, 2.24) is 20.3 Å². The van der Waals surface area contributed by atoms with Gasteiger partial charge in [-0.15, -0.1) is 10.2 Å². The first-order valence-electron chi connectivity index (χ1n) is 7.78. The Morgan fingerprint density at radius 3 is 2.58 bits per heavy atom. The third-order valence-corrected chi connectivity index (χ3v) is 3.66. The van der Waals surface area contributed by atoms with Crippen molar-refractivity contribution in [2.24, 2.45) is 0 Å². The molecule has 0 aliphatic rings. The van der Waals surface area contributed by atoms with Gasteiger partial charge in [0.05, 0.1) is 0 Å². The van der Waals surface area contributed by atoms with E-state index in [2.05, 4.69) is 25.7 Å². The van der Waals surface area contributed by atoms with Crippen LogP contribution in [0.25, 0.3) is 22.8 Å². The number of amides is 1. The Bertz CT molecular complexity index is 1040. The van der Waals surface area contributed by atoms with Gasteiger partial charge in [0.25, 0.3) is 5.91 Å². The number of anilines is 1. The van der Waals surface area contributed by atoms with E-state index in [1.54, 1.807) is 43.3 Å². The molecule has 4 aromatic rings. The van der Waals surface area contributed by atoms with E-state index in [-0.39, 0.29) is 5.91 Å². The van der Waals surface area contributed by atoms with Gasteiger partial charge in [0, 0.05) is 29.3 Å². The van der Waals surface area contributed by atoms with E-state index in [1.165, 1.54) is 6.39 Å². The predicted octanol–water partition coefficient (Wildman–Crippen LogP) is 3.35. The summed E-state index contributed by atoms with van der Waals surface area (Å²) < 4.78 is 10.1. The zero-order chi connectivity index (χ0) is 17.9. The van der Waals surface area contributed by atoms with Gasteiger partial charge in [0.2, 0.25) is 24.0 Å². The van der Waals surface area contributed by atoms with Gasteiger partial charge in [0.15, 0.2) is 0 Å². The number of nitrogens with zero attached hydrogens (tertiary/aromatic N) is 4. The number of nitrogens with one attached hydrogen (secondary N) is 1. The minimum atomic E-state index is -0.233. The molecule has 0 aliphatic heterocycles. The van der Waals surface area contributed by atoms with Crippen molar-refractivity contribution < 1.29 is 13.7 Å². The van der Waals surface area contributed by atoms with Gasteiger partial charge < -0.3 is 14.3 Å². The minimum absolute atomic E-state index is 0.233. The average molecular weight is 347 g/mol. The van der Waals surface area contributed by atoms with Crippen LogP contribution in [0.5, 0.6) is 0 Å². The van der Waals surface area contributed by atoms with Crippen molar-refractivity contribution in [1.29, 1.82) is 0 Å². The van der Waals surface area contributed by atoms with E-state index in [4.69, 9.17) is 8.94 Å². The van der Waals surface area contributed by atoms with Crippen molar-refractivity contribution >= 4 is 11.6 Å². The second-order valence-electron chi connectivity index (χ2n) is 5.49. The lowest BCUT2D eigenvalue weighted by molar-refractivity contribution is 0.102. The van der Waals surface area contributed by atoms with E-state index in [1.807, 2.05) is 12.1 Å². The molecule has 8 heteroatoms. The molecule has 0 bridgehead atoms. The summed E-state index contributed by atoms with van der Waals surface area (Å²) >= 11 is 0. The van der Waals surface area contributed by atoms with Crippen LogP contribution in [0.3, 0.4) is 0 Å². The summed E-state index contributed by atoms with van der Waals surface area (Å²) in [4.78, 5) is 16.4. The van der Waals surface area contributed by atoms with Gasteiger partial charge in [-0.1, -0.05) is 17.3 Å². The van der Waals surface area contributed by atoms with Crippen molar-refractivity contribution in [3.8, 4) is 22.8 Å². The molecular formula is C18H13N5O3. The molecule has 2 aromatic heterocycles. The largest absolute Gasteiger partial charge is 0.421 e. The third kappa shape index (κ3) is 3.20. The Labute approximate surface area is 147 Å². The van der Waals surface area contributed by atoms with Crippen LogP contribution in [0.4, 0.5) is 5.69 Å². The molecule has 128 valence electrons. The number of aryl methyl sites for hydroxylation is 1. The lowest BCUT2D eigenvalue weighted by atomic mass is 10.1. The number of hydrogen-bond donors (Lipinski definition) is 1. The van der Waals surface area contributed by atoms with Crippen LogP contribution in [0, 0.1) is 6.92 Å². The summed E-state index contributed by atoms with van der Waals surface area (Å²) in [5, 5.41) is 14.4. The molecule has 26 heavy (non-hydrogen) atoms. The maximum Gasteiger partial charge on any atom is 0.255 e. The standard InChI is InChI=1S/C18H13N5O3/c1-11-21-22-18(26-11)13-7-5-12(6-8-13)17(24)20-15-4-2-3-14(9-15)16-19-10-25-23-16/h2-10H,1H3,(H,20,24). The molecule has 0 saturated heterocycles. The summed E-state index contributed by atoms with van der Waals surface area (Å²) in [6, 6.07) is 14.1. The second-order valence-corrected chi connectivity index (χ2v) is 5.49. The highest BCUT2D eigenvalue weighted by molar-refractivity contribution is 6.04. The van der Waals surface area contributed by atoms with Gasteiger partial charge in [-0.25, -0.2) is 0 Å². The van der Waals surface area contributed by atoms with Gasteiger partial charge in [0.1, 0.15) is 0 Å². The molecule has 0 unspecified atom stereocenters. The molecule has 0 aliphatic carbocycles. The van der Waals surface area contributed by atoms with Crippen molar-refractivity contribution in [3.05, 3.63) is 66.4 Å². The summed E-state index contributed by atoms with van der Waals surface area (Å²) in [5.41, 5.74) is 2.64. The number of carbonyl (C=O) groups is 1. The Balaban J connectivity index is 1.51. The van der Waals surface area contributed by atoms with Crippen LogP contribution in [-0.4, -0.2) is 26.2 Å². The van der Waals surface area contributed by atoms with Gasteiger partial charge >= 0.3 is 0 Å². The first kappa shape index (κ1) is 15.7. The van der Waals surface area contributed by atoms with Crippen LogP contribution in [0.1, 0.15) is 16.2 Å². The van der Waals surface area contributed by atoms with Crippen molar-refractivity contribution in [2.45, 2.75) is 6.92 Å². The van der Waals surface area contributed by atoms with Crippen molar-refractivity contribution in [3.63, 3.8) is 0 Å². The Morgan fingerprint density at radius 1 is 1.04 bits per heavy atom. The van der Waals surface area contributed by atoms with E-state index in [9.17, 15) is 4.79 Å². The molecule has 0 atom stereocenters. The average Bonchev–Trinajstić information content (AvgIpc) is 3.34. The monoisotopic (exact) mass is 347 g/mol. The molecule has 0 spiro atoms. The third-order valence-electron chi connectivity index (χ3n) is 3.66. The molecule has 0 fully saturated rings. The Hall–Kier alpha value is -3.81. The quantitative estimate of drug-likeness (QED) is 0.603. The SMILES string of the molecule is Cc1nnc(-c2ccc(C(=O)Nc3cccc(-c4ncon4)c3)cc2)o1. The Morgan fingerprint density at radius 2 is 1.88 bits per heavy atom. The first-order chi connectivity index (χ1) is 12.7. The fourth-order valence-corrected chi connectivity index (χ4v) is 2.41. The summed E-state index contributed by atoms with van der Waals surface area (Å²) in [6.07, 6.45) is 1.26. The topological polar surface area (TPSA) is 107 Å². The van der Waals surface area contributed by atoms with E-state index in [0.29, 0.717) is 28.9 Å². The maximum absolute atomic E-state index is 12.5. The second kappa shape index (κ2) is 6.60. The minimum Gasteiger partial charge on any atom is -0.421 e. The number of rotatable bonds is 4. The predicted molar refractivity (Wildman–Crippen MR) is 92.2 cm³/mol. The van der Waals surface area contributed by atoms with Crippen LogP contribution >= 0.6 is 0 Å². The fraction of sp³-hybridized carbons (Fsp3) is 0.0556. The van der Waals surface area contributed by atoms with Crippen LogP contribution in [-0.2, 0) is 0 Å². The maximum atomic E-state index is 12.5. The number of aromatic nitrogens is 4. The van der Waals surface area contributed by atoms with Crippen molar-refractivity contribution in [2.75, 3.05) is 5.32 Å². The molecular weight excluding hydrogens is 334 g/mol. The fourth-order valence-electron chi connectivity index (χ4n) is 2.41. The van der Waals surface area contributed by atoms with Crippen LogP contribution < -0.4 is 5.32 Å². The van der Waals surface area contributed by atoms with Crippen LogP contribution in [0.15, 0.2) is 63.9 Å². The molecule has 2 heterocycles. The van der Waals surface area contributed by atoms with Gasteiger partial charge in [-0.05, 0) is 36.4 Å². The lowest BCUT2D eigenvalue weighted by Crippen LogP contribution is -2.11. The molecule has 1 amide bonds. The molecule has 4 rings (SSSR count). The van der Waals surface area contributed by atoms with Gasteiger partial charge in [-0.2, -0.15) is 4.98 Å². The molecule has 1 N–H and O–H groups in total. The van der Waals surface area contributed by atoms with E-state index < -0.39 is 0 Å². The summed E-state index contributed by atoms with van der Waals surface area (Å²) in [7, 11) is 0.